The maximum atomic E-state index is 12.6. The predicted molar refractivity (Wildman–Crippen MR) is 125 cm³/mol. The molecule has 1 aliphatic heterocycles. The van der Waals surface area contributed by atoms with Crippen LogP contribution in [0.25, 0.3) is 16.7 Å². The summed E-state index contributed by atoms with van der Waals surface area (Å²) in [5.74, 6) is 1.30. The van der Waals surface area contributed by atoms with Crippen molar-refractivity contribution in [2.45, 2.75) is 6.42 Å². The van der Waals surface area contributed by atoms with E-state index in [9.17, 15) is 9.59 Å². The number of ether oxygens (including phenoxy) is 3. The van der Waals surface area contributed by atoms with Crippen LogP contribution >= 0.6 is 0 Å². The van der Waals surface area contributed by atoms with Crippen LogP contribution in [-0.4, -0.2) is 38.1 Å². The van der Waals surface area contributed by atoms with Crippen molar-refractivity contribution in [3.05, 3.63) is 71.4 Å². The van der Waals surface area contributed by atoms with Crippen molar-refractivity contribution in [2.24, 2.45) is 5.73 Å². The van der Waals surface area contributed by atoms with Gasteiger partial charge in [-0.25, -0.2) is 4.98 Å². The Hall–Kier alpha value is -4.33. The third-order valence-electron chi connectivity index (χ3n) is 5.41. The average Bonchev–Trinajstić information content (AvgIpc) is 3.15. The summed E-state index contributed by atoms with van der Waals surface area (Å²) in [7, 11) is 4.65. The van der Waals surface area contributed by atoms with Crippen LogP contribution in [0.5, 0.6) is 17.2 Å². The standard InChI is InChI=1S/C25H23N3O5/c1-31-20-11-16(12-21(32-2)22(20)33-3)17-10-19-18(25(30)28-24(19)27-13-17)8-7-14-5-4-6-15(9-14)23(26)29/h4-6,8-13H,7H2,1-3H3,(H2,26,29)(H,27,28,30)/b18-8-. The lowest BCUT2D eigenvalue weighted by Gasteiger charge is -2.14. The first-order valence-corrected chi connectivity index (χ1v) is 10.2. The van der Waals surface area contributed by atoms with Crippen LogP contribution < -0.4 is 25.3 Å². The van der Waals surface area contributed by atoms with E-state index < -0.39 is 5.91 Å². The van der Waals surface area contributed by atoms with Crippen LogP contribution in [-0.2, 0) is 11.2 Å². The fourth-order valence-electron chi connectivity index (χ4n) is 3.75. The summed E-state index contributed by atoms with van der Waals surface area (Å²) in [4.78, 5) is 28.5. The number of aromatic nitrogens is 1. The van der Waals surface area contributed by atoms with Gasteiger partial charge in [-0.3, -0.25) is 9.59 Å². The summed E-state index contributed by atoms with van der Waals surface area (Å²) in [6.07, 6.45) is 3.96. The second-order valence-corrected chi connectivity index (χ2v) is 7.37. The van der Waals surface area contributed by atoms with E-state index in [2.05, 4.69) is 10.3 Å². The number of nitrogens with one attached hydrogen (secondary N) is 1. The number of amides is 2. The van der Waals surface area contributed by atoms with Gasteiger partial charge in [0.2, 0.25) is 11.7 Å². The molecule has 2 amide bonds. The lowest BCUT2D eigenvalue weighted by atomic mass is 10.00. The minimum atomic E-state index is -0.493. The van der Waals surface area contributed by atoms with Gasteiger partial charge in [0.05, 0.1) is 21.3 Å². The Morgan fingerprint density at radius 3 is 2.39 bits per heavy atom. The fraction of sp³-hybridized carbons (Fsp3) is 0.160. The van der Waals surface area contributed by atoms with Gasteiger partial charge < -0.3 is 25.3 Å². The Kier molecular flexibility index (Phi) is 5.99. The van der Waals surface area contributed by atoms with Crippen molar-refractivity contribution >= 4 is 23.2 Å². The monoisotopic (exact) mass is 445 g/mol. The molecule has 4 rings (SSSR count). The molecule has 0 aliphatic carbocycles. The van der Waals surface area contributed by atoms with E-state index in [0.717, 1.165) is 16.7 Å². The van der Waals surface area contributed by atoms with E-state index in [1.807, 2.05) is 30.3 Å². The minimum absolute atomic E-state index is 0.231. The number of methoxy groups -OCH3 is 3. The van der Waals surface area contributed by atoms with Crippen LogP contribution in [0.4, 0.5) is 5.82 Å². The number of carbonyl (C=O) groups is 2. The molecule has 168 valence electrons. The zero-order valence-electron chi connectivity index (χ0n) is 18.5. The summed E-state index contributed by atoms with van der Waals surface area (Å²) in [6.45, 7) is 0. The zero-order chi connectivity index (χ0) is 23.5. The average molecular weight is 445 g/mol. The molecule has 3 N–H and O–H groups in total. The summed E-state index contributed by atoms with van der Waals surface area (Å²) in [5.41, 5.74) is 9.44. The molecule has 1 aromatic heterocycles. The second kappa shape index (κ2) is 9.04. The number of rotatable bonds is 7. The number of hydrogen-bond donors (Lipinski definition) is 2. The lowest BCUT2D eigenvalue weighted by molar-refractivity contribution is -0.110. The van der Waals surface area contributed by atoms with Gasteiger partial charge >= 0.3 is 0 Å². The normalized spacial score (nSPS) is 13.4. The summed E-state index contributed by atoms with van der Waals surface area (Å²) in [5, 5.41) is 2.79. The van der Waals surface area contributed by atoms with Crippen LogP contribution in [0.1, 0.15) is 21.5 Å². The van der Waals surface area contributed by atoms with Gasteiger partial charge in [0.15, 0.2) is 11.5 Å². The number of nitrogens with zero attached hydrogens (tertiary/aromatic N) is 1. The first-order valence-electron chi connectivity index (χ1n) is 10.2. The predicted octanol–water partition coefficient (Wildman–Crippen LogP) is 3.45. The summed E-state index contributed by atoms with van der Waals surface area (Å²) in [6, 6.07) is 12.6. The van der Waals surface area contributed by atoms with Crippen molar-refractivity contribution in [3.8, 4) is 28.4 Å². The molecule has 0 bridgehead atoms. The van der Waals surface area contributed by atoms with Crippen molar-refractivity contribution < 1.29 is 23.8 Å². The zero-order valence-corrected chi connectivity index (χ0v) is 18.5. The van der Waals surface area contributed by atoms with E-state index in [0.29, 0.717) is 46.2 Å². The second-order valence-electron chi connectivity index (χ2n) is 7.37. The molecule has 0 saturated heterocycles. The molecule has 33 heavy (non-hydrogen) atoms. The SMILES string of the molecule is COc1cc(-c2cnc3c(c2)/C(=C/Cc2cccc(C(N)=O)c2)C(=O)N3)cc(OC)c1OC. The van der Waals surface area contributed by atoms with Crippen molar-refractivity contribution in [3.63, 3.8) is 0 Å². The molecule has 0 radical (unpaired) electrons. The molecule has 2 heterocycles. The molecule has 0 atom stereocenters. The largest absolute Gasteiger partial charge is 0.493 e. The Labute approximate surface area is 191 Å². The van der Waals surface area contributed by atoms with Crippen LogP contribution in [0.15, 0.2) is 54.7 Å². The topological polar surface area (TPSA) is 113 Å². The molecule has 8 heteroatoms. The van der Waals surface area contributed by atoms with Crippen molar-refractivity contribution in [2.75, 3.05) is 26.6 Å². The molecule has 0 fully saturated rings. The lowest BCUT2D eigenvalue weighted by Crippen LogP contribution is -2.10. The maximum absolute atomic E-state index is 12.6. The third-order valence-corrected chi connectivity index (χ3v) is 5.41. The minimum Gasteiger partial charge on any atom is -0.493 e. The summed E-state index contributed by atoms with van der Waals surface area (Å²) < 4.78 is 16.3. The number of allylic oxidation sites excluding steroid dienone is 1. The Balaban J connectivity index is 1.71. The Morgan fingerprint density at radius 2 is 1.76 bits per heavy atom. The molecule has 0 unspecified atom stereocenters. The number of hydrogen-bond acceptors (Lipinski definition) is 6. The van der Waals surface area contributed by atoms with Crippen LogP contribution in [0.3, 0.4) is 0 Å². The van der Waals surface area contributed by atoms with Crippen LogP contribution in [0, 0.1) is 0 Å². The molecule has 1 aliphatic rings. The maximum Gasteiger partial charge on any atom is 0.257 e. The number of nitrogens with two attached hydrogens (primary N) is 1. The van der Waals surface area contributed by atoms with Gasteiger partial charge in [0.1, 0.15) is 5.82 Å². The summed E-state index contributed by atoms with van der Waals surface area (Å²) >= 11 is 0. The number of primary amides is 1. The Morgan fingerprint density at radius 1 is 1.03 bits per heavy atom. The van der Waals surface area contributed by atoms with E-state index in [1.165, 1.54) is 0 Å². The highest BCUT2D eigenvalue weighted by atomic mass is 16.5. The number of benzene rings is 2. The smallest absolute Gasteiger partial charge is 0.257 e. The molecular formula is C25H23N3O5. The molecular weight excluding hydrogens is 422 g/mol. The molecule has 8 nitrogen and oxygen atoms in total. The number of anilines is 1. The number of carbonyl (C=O) groups excluding carboxylic acids is 2. The van der Waals surface area contributed by atoms with Crippen molar-refractivity contribution in [1.82, 2.24) is 4.98 Å². The van der Waals surface area contributed by atoms with E-state index in [-0.39, 0.29) is 5.91 Å². The van der Waals surface area contributed by atoms with Crippen LogP contribution in [0.2, 0.25) is 0 Å². The van der Waals surface area contributed by atoms with E-state index >= 15 is 0 Å². The molecule has 2 aromatic carbocycles. The molecule has 0 saturated carbocycles. The van der Waals surface area contributed by atoms with Gasteiger partial charge in [-0.15, -0.1) is 0 Å². The van der Waals surface area contributed by atoms with Gasteiger partial charge in [-0.05, 0) is 47.9 Å². The molecule has 0 spiro atoms. The highest BCUT2D eigenvalue weighted by molar-refractivity contribution is 6.31. The van der Waals surface area contributed by atoms with E-state index in [1.54, 1.807) is 45.7 Å². The quantitative estimate of drug-likeness (QED) is 0.539. The number of fused-ring (bicyclic) bond motifs is 1. The van der Waals surface area contributed by atoms with Gasteiger partial charge in [-0.1, -0.05) is 18.2 Å². The highest BCUT2D eigenvalue weighted by Gasteiger charge is 2.26. The molecule has 3 aromatic rings. The first kappa shape index (κ1) is 21.9. The first-order chi connectivity index (χ1) is 15.9. The van der Waals surface area contributed by atoms with Crippen molar-refractivity contribution in [1.29, 1.82) is 0 Å². The third kappa shape index (κ3) is 4.23. The highest BCUT2D eigenvalue weighted by Crippen LogP contribution is 2.42. The van der Waals surface area contributed by atoms with Gasteiger partial charge in [0.25, 0.3) is 5.91 Å². The Bertz CT molecular complexity index is 1260. The van der Waals surface area contributed by atoms with E-state index in [4.69, 9.17) is 19.9 Å². The van der Waals surface area contributed by atoms with Gasteiger partial charge in [0, 0.05) is 28.5 Å². The fourth-order valence-corrected chi connectivity index (χ4v) is 3.75. The number of pyridine rings is 1. The van der Waals surface area contributed by atoms with Gasteiger partial charge in [-0.2, -0.15) is 0 Å².